The van der Waals surface area contributed by atoms with Crippen molar-refractivity contribution in [2.45, 2.75) is 12.8 Å². The molecular weight excluding hydrogens is 390 g/mol. The summed E-state index contributed by atoms with van der Waals surface area (Å²) >= 11 is 0. The molecule has 0 amide bonds. The number of benzene rings is 3. The molecular formula is C25H21N3O3. The Morgan fingerprint density at radius 1 is 1.00 bits per heavy atom. The van der Waals surface area contributed by atoms with Gasteiger partial charge in [-0.2, -0.15) is 0 Å². The number of hydrogen-bond donors (Lipinski definition) is 1. The van der Waals surface area contributed by atoms with Gasteiger partial charge in [0.25, 0.3) is 0 Å². The predicted molar refractivity (Wildman–Crippen MR) is 120 cm³/mol. The number of anilines is 2. The van der Waals surface area contributed by atoms with Crippen LogP contribution in [0.15, 0.2) is 66.7 Å². The minimum absolute atomic E-state index is 0.198. The Kier molecular flexibility index (Phi) is 4.75. The SMILES string of the molecule is COc1ccc2c(c1)CCCN2c1nc2cc(C(=O)O)ccc2nc1-c1ccccc1. The molecule has 0 saturated carbocycles. The third-order valence-electron chi connectivity index (χ3n) is 5.60. The number of aryl methyl sites for hydroxylation is 1. The van der Waals surface area contributed by atoms with Crippen molar-refractivity contribution in [3.05, 3.63) is 77.9 Å². The van der Waals surface area contributed by atoms with E-state index < -0.39 is 5.97 Å². The lowest BCUT2D eigenvalue weighted by Crippen LogP contribution is -2.26. The van der Waals surface area contributed by atoms with Gasteiger partial charge < -0.3 is 14.7 Å². The molecule has 3 aromatic carbocycles. The molecule has 31 heavy (non-hydrogen) atoms. The normalized spacial score (nSPS) is 13.1. The van der Waals surface area contributed by atoms with E-state index in [0.717, 1.165) is 47.9 Å². The molecule has 6 heteroatoms. The summed E-state index contributed by atoms with van der Waals surface area (Å²) in [5, 5.41) is 9.40. The Morgan fingerprint density at radius 2 is 1.84 bits per heavy atom. The smallest absolute Gasteiger partial charge is 0.335 e. The molecule has 0 atom stereocenters. The highest BCUT2D eigenvalue weighted by Gasteiger charge is 2.24. The van der Waals surface area contributed by atoms with Gasteiger partial charge >= 0.3 is 5.97 Å². The van der Waals surface area contributed by atoms with Gasteiger partial charge in [-0.05, 0) is 54.8 Å². The minimum atomic E-state index is -0.979. The number of fused-ring (bicyclic) bond motifs is 2. The average molecular weight is 411 g/mol. The van der Waals surface area contributed by atoms with Gasteiger partial charge in [-0.3, -0.25) is 0 Å². The summed E-state index contributed by atoms with van der Waals surface area (Å²) in [5.74, 6) is 0.583. The van der Waals surface area contributed by atoms with Gasteiger partial charge in [-0.25, -0.2) is 14.8 Å². The van der Waals surface area contributed by atoms with Crippen LogP contribution in [0.3, 0.4) is 0 Å². The van der Waals surface area contributed by atoms with Crippen molar-refractivity contribution in [1.82, 2.24) is 9.97 Å². The highest BCUT2D eigenvalue weighted by atomic mass is 16.5. The Bertz CT molecular complexity index is 1290. The molecule has 1 aliphatic rings. The monoisotopic (exact) mass is 411 g/mol. The van der Waals surface area contributed by atoms with Crippen LogP contribution in [0.1, 0.15) is 22.3 Å². The van der Waals surface area contributed by atoms with Gasteiger partial charge in [-0.15, -0.1) is 0 Å². The Morgan fingerprint density at radius 3 is 2.61 bits per heavy atom. The molecule has 154 valence electrons. The fraction of sp³-hybridized carbons (Fsp3) is 0.160. The van der Waals surface area contributed by atoms with Crippen LogP contribution in [0.5, 0.6) is 5.75 Å². The summed E-state index contributed by atoms with van der Waals surface area (Å²) < 4.78 is 5.41. The maximum Gasteiger partial charge on any atom is 0.335 e. The van der Waals surface area contributed by atoms with Crippen molar-refractivity contribution >= 4 is 28.5 Å². The van der Waals surface area contributed by atoms with E-state index in [2.05, 4.69) is 17.0 Å². The second-order valence-corrected chi connectivity index (χ2v) is 7.52. The quantitative estimate of drug-likeness (QED) is 0.504. The molecule has 2 heterocycles. The number of rotatable bonds is 4. The summed E-state index contributed by atoms with van der Waals surface area (Å²) in [4.78, 5) is 23.5. The number of carbonyl (C=O) groups is 1. The molecule has 5 rings (SSSR count). The zero-order valence-corrected chi connectivity index (χ0v) is 17.1. The largest absolute Gasteiger partial charge is 0.497 e. The van der Waals surface area contributed by atoms with E-state index in [1.165, 1.54) is 5.56 Å². The molecule has 0 fully saturated rings. The van der Waals surface area contributed by atoms with Gasteiger partial charge in [0.1, 0.15) is 11.4 Å². The van der Waals surface area contributed by atoms with Crippen LogP contribution in [0.25, 0.3) is 22.3 Å². The van der Waals surface area contributed by atoms with Crippen molar-refractivity contribution < 1.29 is 14.6 Å². The van der Waals surface area contributed by atoms with Gasteiger partial charge in [0.05, 0.1) is 23.7 Å². The number of aromatic carboxylic acids is 1. The van der Waals surface area contributed by atoms with Crippen LogP contribution in [0.2, 0.25) is 0 Å². The molecule has 4 aromatic rings. The molecule has 0 aliphatic carbocycles. The van der Waals surface area contributed by atoms with Crippen molar-refractivity contribution in [3.8, 4) is 17.0 Å². The summed E-state index contributed by atoms with van der Waals surface area (Å²) in [5.41, 5.74) is 5.45. The van der Waals surface area contributed by atoms with Crippen LogP contribution >= 0.6 is 0 Å². The van der Waals surface area contributed by atoms with E-state index in [-0.39, 0.29) is 5.56 Å². The third-order valence-corrected chi connectivity index (χ3v) is 5.60. The van der Waals surface area contributed by atoms with Crippen molar-refractivity contribution in [2.24, 2.45) is 0 Å². The lowest BCUT2D eigenvalue weighted by molar-refractivity contribution is 0.0697. The second kappa shape index (κ2) is 7.72. The van der Waals surface area contributed by atoms with E-state index in [4.69, 9.17) is 14.7 Å². The van der Waals surface area contributed by atoms with Crippen molar-refractivity contribution in [1.29, 1.82) is 0 Å². The molecule has 0 bridgehead atoms. The Balaban J connectivity index is 1.74. The number of ether oxygens (including phenoxy) is 1. The second-order valence-electron chi connectivity index (χ2n) is 7.52. The van der Waals surface area contributed by atoms with Gasteiger partial charge in [0, 0.05) is 17.8 Å². The van der Waals surface area contributed by atoms with Crippen molar-refractivity contribution in [2.75, 3.05) is 18.6 Å². The number of nitrogens with zero attached hydrogens (tertiary/aromatic N) is 3. The zero-order valence-electron chi connectivity index (χ0n) is 17.1. The predicted octanol–water partition coefficient (Wildman–Crippen LogP) is 5.09. The average Bonchev–Trinajstić information content (AvgIpc) is 2.82. The summed E-state index contributed by atoms with van der Waals surface area (Å²) in [7, 11) is 1.67. The molecule has 1 N–H and O–H groups in total. The van der Waals surface area contributed by atoms with E-state index >= 15 is 0 Å². The Labute approximate surface area is 179 Å². The molecule has 0 unspecified atom stereocenters. The first kappa shape index (κ1) is 19.1. The van der Waals surface area contributed by atoms with Crippen molar-refractivity contribution in [3.63, 3.8) is 0 Å². The number of aromatic nitrogens is 2. The molecule has 0 radical (unpaired) electrons. The van der Waals surface area contributed by atoms with E-state index in [9.17, 15) is 9.90 Å². The Hall–Kier alpha value is -3.93. The van der Waals surface area contributed by atoms with Crippen LogP contribution in [0, 0.1) is 0 Å². The van der Waals surface area contributed by atoms with Gasteiger partial charge in [-0.1, -0.05) is 30.3 Å². The van der Waals surface area contributed by atoms with E-state index in [1.807, 2.05) is 36.4 Å². The van der Waals surface area contributed by atoms with E-state index in [0.29, 0.717) is 11.0 Å². The zero-order chi connectivity index (χ0) is 21.4. The number of carboxylic acid groups (broad SMARTS) is 1. The summed E-state index contributed by atoms with van der Waals surface area (Å²) in [6.07, 6.45) is 1.94. The maximum atomic E-state index is 11.5. The number of carboxylic acids is 1. The lowest BCUT2D eigenvalue weighted by atomic mass is 10.0. The highest BCUT2D eigenvalue weighted by Crippen LogP contribution is 2.39. The lowest BCUT2D eigenvalue weighted by Gasteiger charge is -2.32. The molecule has 0 saturated heterocycles. The number of hydrogen-bond acceptors (Lipinski definition) is 5. The van der Waals surface area contributed by atoms with E-state index in [1.54, 1.807) is 25.3 Å². The maximum absolute atomic E-state index is 11.5. The fourth-order valence-corrected chi connectivity index (χ4v) is 4.08. The molecule has 6 nitrogen and oxygen atoms in total. The van der Waals surface area contributed by atoms with Crippen LogP contribution in [0.4, 0.5) is 11.5 Å². The summed E-state index contributed by atoms with van der Waals surface area (Å²) in [6, 6.07) is 20.9. The van der Waals surface area contributed by atoms with Gasteiger partial charge in [0.2, 0.25) is 0 Å². The van der Waals surface area contributed by atoms with Crippen LogP contribution < -0.4 is 9.64 Å². The number of methoxy groups -OCH3 is 1. The topological polar surface area (TPSA) is 75.5 Å². The van der Waals surface area contributed by atoms with Crippen LogP contribution in [-0.4, -0.2) is 34.7 Å². The standard InChI is InChI=1S/C25H21N3O3/c1-31-19-10-12-22-17(14-19)8-5-13-28(22)24-23(16-6-3-2-4-7-16)26-20-11-9-18(25(29)30)15-21(20)27-24/h2-4,6-7,9-12,14-15H,5,8,13H2,1H3,(H,29,30). The highest BCUT2D eigenvalue weighted by molar-refractivity contribution is 5.94. The first-order valence-corrected chi connectivity index (χ1v) is 10.2. The molecule has 1 aromatic heterocycles. The third kappa shape index (κ3) is 3.46. The minimum Gasteiger partial charge on any atom is -0.497 e. The summed E-state index contributed by atoms with van der Waals surface area (Å²) in [6.45, 7) is 0.804. The fourth-order valence-electron chi connectivity index (χ4n) is 4.08. The molecule has 0 spiro atoms. The first-order valence-electron chi connectivity index (χ1n) is 10.2. The molecule has 1 aliphatic heterocycles. The van der Waals surface area contributed by atoms with Gasteiger partial charge in [0.15, 0.2) is 5.82 Å². The van der Waals surface area contributed by atoms with Crippen LogP contribution in [-0.2, 0) is 6.42 Å². The first-order chi connectivity index (χ1) is 15.1.